The number of methoxy groups -OCH3 is 1. The Morgan fingerprint density at radius 2 is 2.06 bits per heavy atom. The number of rotatable bonds is 6. The lowest BCUT2D eigenvalue weighted by molar-refractivity contribution is 0.0872. The van der Waals surface area contributed by atoms with Crippen molar-refractivity contribution in [1.82, 2.24) is 15.3 Å². The molecule has 0 saturated heterocycles. The lowest BCUT2D eigenvalue weighted by Gasteiger charge is -2.16. The van der Waals surface area contributed by atoms with E-state index in [1.54, 1.807) is 7.11 Å². The van der Waals surface area contributed by atoms with Crippen molar-refractivity contribution in [3.8, 4) is 0 Å². The summed E-state index contributed by atoms with van der Waals surface area (Å²) in [4.78, 5) is 9.44. The number of nitrogens with one attached hydrogen (secondary N) is 1. The molecule has 0 aliphatic carbocycles. The van der Waals surface area contributed by atoms with Gasteiger partial charge >= 0.3 is 0 Å². The zero-order valence-electron chi connectivity index (χ0n) is 11.6. The first kappa shape index (κ1) is 13.4. The average Bonchev–Trinajstić information content (AvgIpc) is 2.84. The van der Waals surface area contributed by atoms with Gasteiger partial charge in [0.05, 0.1) is 5.69 Å². The monoisotopic (exact) mass is 249 g/mol. The summed E-state index contributed by atoms with van der Waals surface area (Å²) in [6.45, 7) is 6.13. The van der Waals surface area contributed by atoms with Crippen molar-refractivity contribution in [2.45, 2.75) is 58.7 Å². The number of aryl methyl sites for hydroxylation is 1. The maximum absolute atomic E-state index is 5.52. The van der Waals surface area contributed by atoms with E-state index in [0.29, 0.717) is 0 Å². The third kappa shape index (κ3) is 2.70. The zero-order valence-corrected chi connectivity index (χ0v) is 11.6. The summed E-state index contributed by atoms with van der Waals surface area (Å²) in [5.41, 5.74) is 3.69. The second-order valence-electron chi connectivity index (χ2n) is 4.82. The Hall–Kier alpha value is -1.00. The van der Waals surface area contributed by atoms with E-state index < -0.39 is 0 Å². The van der Waals surface area contributed by atoms with E-state index in [-0.39, 0.29) is 6.10 Å². The minimum Gasteiger partial charge on any atom is -0.373 e. The Balaban J connectivity index is 2.33. The van der Waals surface area contributed by atoms with Gasteiger partial charge in [-0.25, -0.2) is 9.97 Å². The number of ether oxygens (including phenoxy) is 1. The Morgan fingerprint density at radius 3 is 2.72 bits per heavy atom. The first-order valence-corrected chi connectivity index (χ1v) is 6.92. The molecule has 1 aromatic heterocycles. The van der Waals surface area contributed by atoms with Crippen molar-refractivity contribution in [2.24, 2.45) is 0 Å². The summed E-state index contributed by atoms with van der Waals surface area (Å²) in [6.07, 6.45) is 4.25. The van der Waals surface area contributed by atoms with Crippen LogP contribution >= 0.6 is 0 Å². The minimum atomic E-state index is 0.0384. The van der Waals surface area contributed by atoms with Crippen LogP contribution in [0.15, 0.2) is 0 Å². The van der Waals surface area contributed by atoms with Crippen LogP contribution in [0.25, 0.3) is 0 Å². The molecule has 1 atom stereocenters. The van der Waals surface area contributed by atoms with Crippen LogP contribution in [0.5, 0.6) is 0 Å². The van der Waals surface area contributed by atoms with Gasteiger partial charge in [0.2, 0.25) is 0 Å². The largest absolute Gasteiger partial charge is 0.373 e. The number of aromatic nitrogens is 2. The van der Waals surface area contributed by atoms with Gasteiger partial charge in [-0.2, -0.15) is 0 Å². The quantitative estimate of drug-likeness (QED) is 0.841. The van der Waals surface area contributed by atoms with Crippen molar-refractivity contribution in [1.29, 1.82) is 0 Å². The number of hydrogen-bond donors (Lipinski definition) is 1. The van der Waals surface area contributed by atoms with Gasteiger partial charge < -0.3 is 10.1 Å². The van der Waals surface area contributed by atoms with E-state index in [4.69, 9.17) is 9.72 Å². The molecule has 0 spiro atoms. The molecule has 1 aromatic rings. The third-order valence-corrected chi connectivity index (χ3v) is 3.40. The fourth-order valence-electron chi connectivity index (χ4n) is 2.46. The fraction of sp³-hybridized carbons (Fsp3) is 0.714. The number of nitrogens with zero attached hydrogens (tertiary/aromatic N) is 2. The SMILES string of the molecule is CCCc1nc(C(CCC)OC)nc2c1CNC2. The van der Waals surface area contributed by atoms with Gasteiger partial charge in [0, 0.05) is 31.5 Å². The van der Waals surface area contributed by atoms with Crippen LogP contribution in [0.3, 0.4) is 0 Å². The standard InChI is InChI=1S/C14H23N3O/c1-4-6-11-10-8-15-9-12(10)17-14(16-11)13(18-3)7-5-2/h13,15H,4-9H2,1-3H3. The summed E-state index contributed by atoms with van der Waals surface area (Å²) >= 11 is 0. The summed E-state index contributed by atoms with van der Waals surface area (Å²) in [5.74, 6) is 0.866. The maximum atomic E-state index is 5.52. The highest BCUT2D eigenvalue weighted by atomic mass is 16.5. The second-order valence-corrected chi connectivity index (χ2v) is 4.82. The molecule has 0 saturated carbocycles. The van der Waals surface area contributed by atoms with E-state index in [1.807, 2.05) is 0 Å². The van der Waals surface area contributed by atoms with Gasteiger partial charge in [-0.3, -0.25) is 0 Å². The molecular formula is C14H23N3O. The second kappa shape index (κ2) is 6.25. The van der Waals surface area contributed by atoms with E-state index >= 15 is 0 Å². The molecule has 1 aliphatic heterocycles. The lowest BCUT2D eigenvalue weighted by Crippen LogP contribution is -2.12. The van der Waals surface area contributed by atoms with E-state index in [2.05, 4.69) is 24.1 Å². The first-order valence-electron chi connectivity index (χ1n) is 6.92. The molecule has 4 heteroatoms. The van der Waals surface area contributed by atoms with Crippen molar-refractivity contribution in [2.75, 3.05) is 7.11 Å². The van der Waals surface area contributed by atoms with Crippen LogP contribution in [0, 0.1) is 0 Å². The highest BCUT2D eigenvalue weighted by Crippen LogP contribution is 2.24. The van der Waals surface area contributed by atoms with Crippen LogP contribution in [-0.2, 0) is 24.2 Å². The summed E-state index contributed by atoms with van der Waals surface area (Å²) in [5, 5.41) is 3.36. The van der Waals surface area contributed by atoms with E-state index in [1.165, 1.54) is 17.0 Å². The molecule has 0 bridgehead atoms. The Kier molecular flexibility index (Phi) is 4.66. The van der Waals surface area contributed by atoms with Crippen molar-refractivity contribution in [3.63, 3.8) is 0 Å². The molecule has 0 fully saturated rings. The van der Waals surface area contributed by atoms with Crippen molar-refractivity contribution >= 4 is 0 Å². The van der Waals surface area contributed by atoms with Gasteiger partial charge in [0.25, 0.3) is 0 Å². The van der Waals surface area contributed by atoms with Gasteiger partial charge in [-0.1, -0.05) is 26.7 Å². The highest BCUT2D eigenvalue weighted by molar-refractivity contribution is 5.29. The van der Waals surface area contributed by atoms with Gasteiger partial charge in [0.1, 0.15) is 6.10 Å². The minimum absolute atomic E-state index is 0.0384. The van der Waals surface area contributed by atoms with Crippen LogP contribution in [0.2, 0.25) is 0 Å². The maximum Gasteiger partial charge on any atom is 0.157 e. The summed E-state index contributed by atoms with van der Waals surface area (Å²) in [6, 6.07) is 0. The predicted molar refractivity (Wildman–Crippen MR) is 71.2 cm³/mol. The number of fused-ring (bicyclic) bond motifs is 1. The number of hydrogen-bond acceptors (Lipinski definition) is 4. The van der Waals surface area contributed by atoms with Crippen LogP contribution in [0.4, 0.5) is 0 Å². The Bertz CT molecular complexity index is 406. The van der Waals surface area contributed by atoms with E-state index in [9.17, 15) is 0 Å². The first-order chi connectivity index (χ1) is 8.80. The molecule has 1 unspecified atom stereocenters. The van der Waals surface area contributed by atoms with Crippen LogP contribution in [-0.4, -0.2) is 17.1 Å². The molecule has 0 aromatic carbocycles. The van der Waals surface area contributed by atoms with Crippen molar-refractivity contribution in [3.05, 3.63) is 22.8 Å². The highest BCUT2D eigenvalue weighted by Gasteiger charge is 2.21. The molecule has 0 amide bonds. The fourth-order valence-corrected chi connectivity index (χ4v) is 2.46. The molecule has 4 nitrogen and oxygen atoms in total. The zero-order chi connectivity index (χ0) is 13.0. The average molecular weight is 249 g/mol. The molecule has 2 rings (SSSR count). The van der Waals surface area contributed by atoms with E-state index in [0.717, 1.165) is 44.6 Å². The van der Waals surface area contributed by atoms with Crippen molar-refractivity contribution < 1.29 is 4.74 Å². The van der Waals surface area contributed by atoms with Crippen LogP contribution in [0.1, 0.15) is 62.0 Å². The predicted octanol–water partition coefficient (Wildman–Crippen LogP) is 2.52. The Labute approximate surface area is 109 Å². The third-order valence-electron chi connectivity index (χ3n) is 3.40. The molecule has 1 aliphatic rings. The van der Waals surface area contributed by atoms with Gasteiger partial charge in [0.15, 0.2) is 5.82 Å². The molecule has 1 N–H and O–H groups in total. The summed E-state index contributed by atoms with van der Waals surface area (Å²) in [7, 11) is 1.74. The van der Waals surface area contributed by atoms with Gasteiger partial charge in [-0.05, 0) is 12.8 Å². The molecule has 2 heterocycles. The lowest BCUT2D eigenvalue weighted by atomic mass is 10.1. The summed E-state index contributed by atoms with van der Waals surface area (Å²) < 4.78 is 5.52. The Morgan fingerprint density at radius 1 is 1.22 bits per heavy atom. The smallest absolute Gasteiger partial charge is 0.157 e. The van der Waals surface area contributed by atoms with Crippen LogP contribution < -0.4 is 5.32 Å². The molecular weight excluding hydrogens is 226 g/mol. The molecule has 18 heavy (non-hydrogen) atoms. The molecule has 100 valence electrons. The normalized spacial score (nSPS) is 15.7. The topological polar surface area (TPSA) is 47.0 Å². The van der Waals surface area contributed by atoms with Gasteiger partial charge in [-0.15, -0.1) is 0 Å². The molecule has 0 radical (unpaired) electrons.